The van der Waals surface area contributed by atoms with Crippen LogP contribution in [-0.4, -0.2) is 59.9 Å². The Balaban J connectivity index is 1.68. The summed E-state index contributed by atoms with van der Waals surface area (Å²) < 4.78 is 0.542. The van der Waals surface area contributed by atoms with Crippen molar-refractivity contribution >= 4 is 29.4 Å². The van der Waals surface area contributed by atoms with Crippen LogP contribution in [0.4, 0.5) is 0 Å². The van der Waals surface area contributed by atoms with Gasteiger partial charge in [-0.2, -0.15) is 0 Å². The second kappa shape index (κ2) is 7.28. The zero-order chi connectivity index (χ0) is 15.5. The first-order valence-corrected chi connectivity index (χ1v) is 10.1. The molecular formula is C17H24N2OS2. The summed E-state index contributed by atoms with van der Waals surface area (Å²) in [6.45, 7) is 4.88. The third-order valence-corrected chi connectivity index (χ3v) is 7.36. The lowest BCUT2D eigenvalue weighted by Crippen LogP contribution is -2.52. The number of hydrogen-bond donors (Lipinski definition) is 0. The van der Waals surface area contributed by atoms with Crippen LogP contribution < -0.4 is 0 Å². The van der Waals surface area contributed by atoms with Crippen molar-refractivity contribution in [3.63, 3.8) is 0 Å². The largest absolute Gasteiger partial charge is 0.333 e. The quantitative estimate of drug-likeness (QED) is 0.826. The molecule has 3 rings (SSSR count). The normalized spacial score (nSPS) is 24.5. The molecule has 0 N–H and O–H groups in total. The molecule has 0 bridgehead atoms. The minimum Gasteiger partial charge on any atom is -0.333 e. The topological polar surface area (TPSA) is 23.6 Å². The number of hydrogen-bond acceptors (Lipinski definition) is 4. The van der Waals surface area contributed by atoms with Crippen molar-refractivity contribution in [3.05, 3.63) is 35.4 Å². The first-order valence-electron chi connectivity index (χ1n) is 7.98. The van der Waals surface area contributed by atoms with Crippen LogP contribution in [0.1, 0.15) is 33.8 Å². The van der Waals surface area contributed by atoms with Crippen LogP contribution in [0.2, 0.25) is 0 Å². The Bertz CT molecular complexity index is 514. The molecule has 120 valence electrons. The summed E-state index contributed by atoms with van der Waals surface area (Å²) in [4.78, 5) is 17.0. The molecule has 0 unspecified atom stereocenters. The predicted octanol–water partition coefficient (Wildman–Crippen LogP) is 3.33. The number of carbonyl (C=O) groups excluding carboxylic acids is 1. The summed E-state index contributed by atoms with van der Waals surface area (Å²) in [6.07, 6.45) is 1.31. The van der Waals surface area contributed by atoms with Crippen molar-refractivity contribution in [2.24, 2.45) is 0 Å². The zero-order valence-electron chi connectivity index (χ0n) is 13.3. The zero-order valence-corrected chi connectivity index (χ0v) is 15.0. The summed E-state index contributed by atoms with van der Waals surface area (Å²) in [5, 5.41) is 0. The number of thioether (sulfide) groups is 2. The van der Waals surface area contributed by atoms with Gasteiger partial charge in [0.05, 0.1) is 4.58 Å². The number of nitrogens with zero attached hydrogens (tertiary/aromatic N) is 2. The first-order chi connectivity index (χ1) is 10.6. The summed E-state index contributed by atoms with van der Waals surface area (Å²) in [7, 11) is 2.12. The maximum atomic E-state index is 12.7. The Morgan fingerprint density at radius 3 is 2.45 bits per heavy atom. The van der Waals surface area contributed by atoms with Crippen molar-refractivity contribution in [2.45, 2.75) is 24.0 Å². The molecular weight excluding hydrogens is 312 g/mol. The van der Waals surface area contributed by atoms with E-state index in [9.17, 15) is 4.79 Å². The number of benzene rings is 1. The molecule has 5 heteroatoms. The molecule has 2 saturated heterocycles. The number of amides is 1. The van der Waals surface area contributed by atoms with Crippen LogP contribution >= 0.6 is 23.5 Å². The Morgan fingerprint density at radius 1 is 1.14 bits per heavy atom. The first kappa shape index (κ1) is 16.2. The molecule has 1 amide bonds. The van der Waals surface area contributed by atoms with Crippen LogP contribution in [0, 0.1) is 0 Å². The Morgan fingerprint density at radius 2 is 1.82 bits per heavy atom. The summed E-state index contributed by atoms with van der Waals surface area (Å²) in [6, 6.07) is 8.60. The van der Waals surface area contributed by atoms with Gasteiger partial charge < -0.3 is 9.80 Å². The van der Waals surface area contributed by atoms with Gasteiger partial charge in [-0.15, -0.1) is 23.5 Å². The SMILES string of the molecule is C[C@H]1CN(C)CCN1C(=O)c1ccc(C2SCCCS2)cc1. The fraction of sp³-hybridized carbons (Fsp3) is 0.588. The molecule has 1 aromatic carbocycles. The van der Waals surface area contributed by atoms with E-state index in [1.165, 1.54) is 23.5 Å². The average molecular weight is 337 g/mol. The highest BCUT2D eigenvalue weighted by Crippen LogP contribution is 2.43. The number of carbonyl (C=O) groups is 1. The monoisotopic (exact) mass is 336 g/mol. The van der Waals surface area contributed by atoms with E-state index in [2.05, 4.69) is 31.0 Å². The smallest absolute Gasteiger partial charge is 0.254 e. The maximum Gasteiger partial charge on any atom is 0.254 e. The van der Waals surface area contributed by atoms with Crippen molar-refractivity contribution in [2.75, 3.05) is 38.2 Å². The van der Waals surface area contributed by atoms with E-state index in [-0.39, 0.29) is 11.9 Å². The molecule has 0 spiro atoms. The summed E-state index contributed by atoms with van der Waals surface area (Å²) in [5.41, 5.74) is 2.17. The highest BCUT2D eigenvalue weighted by Gasteiger charge is 2.26. The molecule has 1 aromatic rings. The molecule has 2 aliphatic rings. The third-order valence-electron chi connectivity index (χ3n) is 4.35. The maximum absolute atomic E-state index is 12.7. The molecule has 0 aromatic heterocycles. The molecule has 3 nitrogen and oxygen atoms in total. The summed E-state index contributed by atoms with van der Waals surface area (Å²) >= 11 is 4.04. The number of likely N-dealkylation sites (N-methyl/N-ethyl adjacent to an activating group) is 1. The van der Waals surface area contributed by atoms with E-state index in [1.54, 1.807) is 0 Å². The highest BCUT2D eigenvalue weighted by molar-refractivity contribution is 8.16. The van der Waals surface area contributed by atoms with Gasteiger partial charge in [-0.3, -0.25) is 4.79 Å². The van der Waals surface area contributed by atoms with Crippen LogP contribution in [0.25, 0.3) is 0 Å². The third kappa shape index (κ3) is 3.63. The molecule has 2 fully saturated rings. The minimum atomic E-state index is 0.177. The van der Waals surface area contributed by atoms with Crippen molar-refractivity contribution in [1.82, 2.24) is 9.80 Å². The van der Waals surface area contributed by atoms with E-state index in [0.29, 0.717) is 4.58 Å². The Hall–Kier alpha value is -0.650. The lowest BCUT2D eigenvalue weighted by atomic mass is 10.1. The van der Waals surface area contributed by atoms with E-state index in [4.69, 9.17) is 0 Å². The molecule has 0 aliphatic carbocycles. The molecule has 0 radical (unpaired) electrons. The van der Waals surface area contributed by atoms with E-state index >= 15 is 0 Å². The van der Waals surface area contributed by atoms with Gasteiger partial charge >= 0.3 is 0 Å². The van der Waals surface area contributed by atoms with Gasteiger partial charge in [0.1, 0.15) is 0 Å². The molecule has 2 heterocycles. The molecule has 22 heavy (non-hydrogen) atoms. The highest BCUT2D eigenvalue weighted by atomic mass is 32.2. The van der Waals surface area contributed by atoms with Gasteiger partial charge in [0, 0.05) is 31.2 Å². The second-order valence-corrected chi connectivity index (χ2v) is 8.88. The van der Waals surface area contributed by atoms with E-state index in [1.807, 2.05) is 40.6 Å². The van der Waals surface area contributed by atoms with Crippen molar-refractivity contribution in [1.29, 1.82) is 0 Å². The van der Waals surface area contributed by atoms with Crippen molar-refractivity contribution in [3.8, 4) is 0 Å². The average Bonchev–Trinajstić information content (AvgIpc) is 2.55. The number of piperazine rings is 1. The fourth-order valence-electron chi connectivity index (χ4n) is 3.07. The van der Waals surface area contributed by atoms with Gasteiger partial charge in [-0.05, 0) is 49.6 Å². The van der Waals surface area contributed by atoms with Gasteiger partial charge in [0.15, 0.2) is 0 Å². The summed E-state index contributed by atoms with van der Waals surface area (Å²) in [5.74, 6) is 2.67. The Kier molecular flexibility index (Phi) is 5.37. The lowest BCUT2D eigenvalue weighted by Gasteiger charge is -2.38. The van der Waals surface area contributed by atoms with Crippen LogP contribution in [-0.2, 0) is 0 Å². The fourth-order valence-corrected chi connectivity index (χ4v) is 5.96. The van der Waals surface area contributed by atoms with Crippen molar-refractivity contribution < 1.29 is 4.79 Å². The lowest BCUT2D eigenvalue weighted by molar-refractivity contribution is 0.0533. The Labute approximate surface area is 141 Å². The molecule has 2 aliphatic heterocycles. The standard InChI is InChI=1S/C17H24N2OS2/c1-13-12-18(2)8-9-19(13)16(20)14-4-6-15(7-5-14)17-21-10-3-11-22-17/h4-7,13,17H,3,8-12H2,1-2H3/t13-/m0/s1. The molecule has 1 atom stereocenters. The van der Waals surface area contributed by atoms with Gasteiger partial charge in [-0.1, -0.05) is 12.1 Å². The minimum absolute atomic E-state index is 0.177. The van der Waals surface area contributed by atoms with E-state index < -0.39 is 0 Å². The number of rotatable bonds is 2. The van der Waals surface area contributed by atoms with Crippen LogP contribution in [0.3, 0.4) is 0 Å². The van der Waals surface area contributed by atoms with E-state index in [0.717, 1.165) is 25.2 Å². The second-order valence-electron chi connectivity index (χ2n) is 6.16. The van der Waals surface area contributed by atoms with Crippen LogP contribution in [0.5, 0.6) is 0 Å². The van der Waals surface area contributed by atoms with Gasteiger partial charge in [-0.25, -0.2) is 0 Å². The van der Waals surface area contributed by atoms with Gasteiger partial charge in [0.25, 0.3) is 5.91 Å². The molecule has 0 saturated carbocycles. The predicted molar refractivity (Wildman–Crippen MR) is 96.7 cm³/mol. The van der Waals surface area contributed by atoms with Crippen LogP contribution in [0.15, 0.2) is 24.3 Å². The van der Waals surface area contributed by atoms with Gasteiger partial charge in [0.2, 0.25) is 0 Å².